The van der Waals surface area contributed by atoms with Crippen molar-refractivity contribution < 1.29 is 9.47 Å². The van der Waals surface area contributed by atoms with E-state index in [9.17, 15) is 0 Å². The van der Waals surface area contributed by atoms with E-state index in [1.54, 1.807) is 0 Å². The van der Waals surface area contributed by atoms with Crippen molar-refractivity contribution in [3.63, 3.8) is 0 Å². The Hall–Kier alpha value is -1.06. The number of rotatable bonds is 9. The molecule has 0 bridgehead atoms. The van der Waals surface area contributed by atoms with Crippen LogP contribution in [0.25, 0.3) is 0 Å². The summed E-state index contributed by atoms with van der Waals surface area (Å²) in [5.41, 5.74) is 2.46. The normalized spacial score (nSPS) is 16.3. The minimum absolute atomic E-state index is 0. The molecule has 1 aromatic rings. The van der Waals surface area contributed by atoms with E-state index in [0.717, 1.165) is 62.9 Å². The molecule has 172 valence electrons. The average Bonchev–Trinajstić information content (AvgIpc) is 2.69. The quantitative estimate of drug-likeness (QED) is 0.288. The van der Waals surface area contributed by atoms with Crippen LogP contribution in [0.5, 0.6) is 5.75 Å². The van der Waals surface area contributed by atoms with Crippen molar-refractivity contribution in [2.24, 2.45) is 10.9 Å². The zero-order chi connectivity index (χ0) is 21.3. The van der Waals surface area contributed by atoms with Gasteiger partial charge in [-0.05, 0) is 57.8 Å². The highest BCUT2D eigenvalue weighted by Crippen LogP contribution is 2.25. The molecule has 0 radical (unpaired) electrons. The molecule has 0 unspecified atom stereocenters. The van der Waals surface area contributed by atoms with E-state index < -0.39 is 0 Å². The summed E-state index contributed by atoms with van der Waals surface area (Å²) in [6.07, 6.45) is 3.10. The van der Waals surface area contributed by atoms with Gasteiger partial charge in [0, 0.05) is 44.5 Å². The smallest absolute Gasteiger partial charge is 0.191 e. The van der Waals surface area contributed by atoms with Crippen LogP contribution >= 0.6 is 24.0 Å². The van der Waals surface area contributed by atoms with Crippen LogP contribution in [-0.4, -0.2) is 63.9 Å². The summed E-state index contributed by atoms with van der Waals surface area (Å²) in [7, 11) is 6.11. The first-order valence-corrected chi connectivity index (χ1v) is 10.8. The molecule has 6 nitrogen and oxygen atoms in total. The molecule has 0 spiro atoms. The maximum atomic E-state index is 6.08. The highest BCUT2D eigenvalue weighted by Gasteiger charge is 2.34. The molecule has 1 aromatic carbocycles. The van der Waals surface area contributed by atoms with Crippen LogP contribution < -0.4 is 15.4 Å². The third kappa shape index (κ3) is 8.23. The molecule has 1 saturated heterocycles. The van der Waals surface area contributed by atoms with Crippen LogP contribution in [0.1, 0.15) is 44.2 Å². The van der Waals surface area contributed by atoms with Gasteiger partial charge in [-0.1, -0.05) is 26.0 Å². The average molecular weight is 533 g/mol. The van der Waals surface area contributed by atoms with Gasteiger partial charge in [0.15, 0.2) is 5.96 Å². The molecular weight excluding hydrogens is 491 g/mol. The summed E-state index contributed by atoms with van der Waals surface area (Å²) >= 11 is 0. The number of aliphatic imine (C=N–C) groups is 1. The van der Waals surface area contributed by atoms with Crippen molar-refractivity contribution in [2.45, 2.75) is 52.1 Å². The van der Waals surface area contributed by atoms with Crippen molar-refractivity contribution in [2.75, 3.05) is 47.5 Å². The maximum absolute atomic E-state index is 6.08. The second-order valence-electron chi connectivity index (χ2n) is 8.65. The van der Waals surface area contributed by atoms with Gasteiger partial charge in [-0.3, -0.25) is 4.99 Å². The van der Waals surface area contributed by atoms with Crippen molar-refractivity contribution >= 4 is 29.9 Å². The van der Waals surface area contributed by atoms with Crippen LogP contribution in [0.15, 0.2) is 23.2 Å². The molecule has 0 saturated carbocycles. The monoisotopic (exact) mass is 532 g/mol. The zero-order valence-corrected chi connectivity index (χ0v) is 21.9. The highest BCUT2D eigenvalue weighted by molar-refractivity contribution is 14.0. The van der Waals surface area contributed by atoms with E-state index in [-0.39, 0.29) is 29.5 Å². The number of benzene rings is 1. The van der Waals surface area contributed by atoms with E-state index in [2.05, 4.69) is 73.6 Å². The Labute approximate surface area is 200 Å². The number of nitrogens with zero attached hydrogens (tertiary/aromatic N) is 2. The van der Waals surface area contributed by atoms with Gasteiger partial charge in [-0.15, -0.1) is 24.0 Å². The molecular formula is C23H41IN4O2. The van der Waals surface area contributed by atoms with Crippen LogP contribution in [0.4, 0.5) is 0 Å². The van der Waals surface area contributed by atoms with Gasteiger partial charge in [-0.25, -0.2) is 0 Å². The molecule has 0 atom stereocenters. The van der Waals surface area contributed by atoms with Gasteiger partial charge in [0.2, 0.25) is 0 Å². The third-order valence-electron chi connectivity index (χ3n) is 5.80. The molecule has 2 rings (SSSR count). The molecule has 1 aliphatic heterocycles. The van der Waals surface area contributed by atoms with Gasteiger partial charge in [0.25, 0.3) is 0 Å². The molecule has 0 amide bonds. The van der Waals surface area contributed by atoms with Gasteiger partial charge >= 0.3 is 0 Å². The number of aryl methyl sites for hydroxylation is 1. The second kappa shape index (κ2) is 13.4. The van der Waals surface area contributed by atoms with Gasteiger partial charge < -0.3 is 25.0 Å². The second-order valence-corrected chi connectivity index (χ2v) is 8.65. The fraction of sp³-hybridized carbons (Fsp3) is 0.696. The molecule has 0 aliphatic carbocycles. The molecule has 1 aliphatic rings. The summed E-state index contributed by atoms with van der Waals surface area (Å²) in [6, 6.07) is 6.39. The predicted octanol–water partition coefficient (Wildman–Crippen LogP) is 3.81. The van der Waals surface area contributed by atoms with Crippen LogP contribution in [0, 0.1) is 12.8 Å². The van der Waals surface area contributed by atoms with Crippen LogP contribution in [-0.2, 0) is 11.3 Å². The first kappa shape index (κ1) is 27.0. The topological polar surface area (TPSA) is 58.1 Å². The molecule has 30 heavy (non-hydrogen) atoms. The highest BCUT2D eigenvalue weighted by atomic mass is 127. The summed E-state index contributed by atoms with van der Waals surface area (Å²) < 4.78 is 11.6. The van der Waals surface area contributed by atoms with Crippen LogP contribution in [0.2, 0.25) is 0 Å². The van der Waals surface area contributed by atoms with Crippen molar-refractivity contribution in [1.82, 2.24) is 15.5 Å². The Morgan fingerprint density at radius 1 is 1.23 bits per heavy atom. The molecule has 2 N–H and O–H groups in total. The number of nitrogens with one attached hydrogen (secondary N) is 2. The Morgan fingerprint density at radius 3 is 2.53 bits per heavy atom. The number of hydrogen-bond acceptors (Lipinski definition) is 4. The van der Waals surface area contributed by atoms with E-state index in [1.165, 1.54) is 5.56 Å². The lowest BCUT2D eigenvalue weighted by Crippen LogP contribution is -2.57. The molecule has 1 fully saturated rings. The predicted molar refractivity (Wildman–Crippen MR) is 136 cm³/mol. The number of likely N-dealkylation sites (N-methyl/N-ethyl adjacent to an activating group) is 1. The van der Waals surface area contributed by atoms with Crippen molar-refractivity contribution in [3.8, 4) is 5.75 Å². The summed E-state index contributed by atoms with van der Waals surface area (Å²) in [5.74, 6) is 2.41. The van der Waals surface area contributed by atoms with Gasteiger partial charge in [0.05, 0.1) is 6.61 Å². The number of ether oxygens (including phenoxy) is 2. The lowest BCUT2D eigenvalue weighted by Gasteiger charge is -2.43. The minimum Gasteiger partial charge on any atom is -0.493 e. The Balaban J connectivity index is 0.00000450. The zero-order valence-electron chi connectivity index (χ0n) is 19.6. The first-order chi connectivity index (χ1) is 13.9. The van der Waals surface area contributed by atoms with E-state index in [4.69, 9.17) is 9.47 Å². The number of guanidine groups is 1. The van der Waals surface area contributed by atoms with Crippen molar-refractivity contribution in [1.29, 1.82) is 0 Å². The molecule has 0 aromatic heterocycles. The van der Waals surface area contributed by atoms with Gasteiger partial charge in [-0.2, -0.15) is 0 Å². The Kier molecular flexibility index (Phi) is 12.0. The largest absolute Gasteiger partial charge is 0.493 e. The fourth-order valence-electron chi connectivity index (χ4n) is 3.53. The van der Waals surface area contributed by atoms with E-state index >= 15 is 0 Å². The SMILES string of the molecule is CN=C(NCc1ccc(C)cc1OCCC(C)C)NCC1(N(C)C)CCOCC1.I. The first-order valence-electron chi connectivity index (χ1n) is 10.8. The molecule has 7 heteroatoms. The van der Waals surface area contributed by atoms with E-state index in [0.29, 0.717) is 12.5 Å². The minimum atomic E-state index is 0. The third-order valence-corrected chi connectivity index (χ3v) is 5.80. The number of hydrogen-bond donors (Lipinski definition) is 2. The molecule has 1 heterocycles. The van der Waals surface area contributed by atoms with Crippen molar-refractivity contribution in [3.05, 3.63) is 29.3 Å². The standard InChI is InChI=1S/C23H40N4O2.HI/c1-18(2)9-12-29-21-15-19(3)7-8-20(21)16-25-22(24-4)26-17-23(27(5)6)10-13-28-14-11-23;/h7-8,15,18H,9-14,16-17H2,1-6H3,(H2,24,25,26);1H. The Morgan fingerprint density at radius 2 is 1.93 bits per heavy atom. The summed E-state index contributed by atoms with van der Waals surface area (Å²) in [6.45, 7) is 10.4. The summed E-state index contributed by atoms with van der Waals surface area (Å²) in [5, 5.41) is 6.97. The van der Waals surface area contributed by atoms with E-state index in [1.807, 2.05) is 7.05 Å². The van der Waals surface area contributed by atoms with Gasteiger partial charge in [0.1, 0.15) is 5.75 Å². The lowest BCUT2D eigenvalue weighted by molar-refractivity contribution is -0.00501. The summed E-state index contributed by atoms with van der Waals surface area (Å²) in [4.78, 5) is 6.73. The van der Waals surface area contributed by atoms with Crippen LogP contribution in [0.3, 0.4) is 0 Å². The maximum Gasteiger partial charge on any atom is 0.191 e. The number of halogens is 1. The lowest BCUT2D eigenvalue weighted by atomic mass is 9.88. The Bertz CT molecular complexity index is 659. The fourth-order valence-corrected chi connectivity index (χ4v) is 3.53.